The van der Waals surface area contributed by atoms with Crippen molar-refractivity contribution in [2.45, 2.75) is 25.2 Å². The molecule has 0 saturated carbocycles. The molecule has 1 unspecified atom stereocenters. The summed E-state index contributed by atoms with van der Waals surface area (Å²) >= 11 is 4.76. The van der Waals surface area contributed by atoms with Gasteiger partial charge in [-0.15, -0.1) is 0 Å². The number of hydrogen-bond acceptors (Lipinski definition) is 5. The van der Waals surface area contributed by atoms with Crippen LogP contribution in [0.25, 0.3) is 0 Å². The van der Waals surface area contributed by atoms with Gasteiger partial charge in [-0.2, -0.15) is 16.6 Å². The van der Waals surface area contributed by atoms with Gasteiger partial charge in [-0.3, -0.25) is 9.69 Å². The van der Waals surface area contributed by atoms with Gasteiger partial charge in [0.15, 0.2) is 5.78 Å². The molecule has 0 amide bonds. The number of carbonyl (C=O) groups is 1. The molecule has 0 saturated heterocycles. The van der Waals surface area contributed by atoms with E-state index in [1.54, 1.807) is 17.0 Å². The second-order valence-corrected chi connectivity index (χ2v) is 8.16. The van der Waals surface area contributed by atoms with E-state index < -0.39 is 11.7 Å². The van der Waals surface area contributed by atoms with Crippen molar-refractivity contribution in [1.29, 1.82) is 5.26 Å². The molecular weight excluding hydrogens is 429 g/mol. The molecule has 4 rings (SSSR count). The van der Waals surface area contributed by atoms with Crippen molar-refractivity contribution in [1.82, 2.24) is 0 Å². The van der Waals surface area contributed by atoms with Crippen LogP contribution in [0.4, 0.5) is 10.1 Å². The number of halogens is 2. The third kappa shape index (κ3) is 2.89. The van der Waals surface area contributed by atoms with E-state index in [1.807, 2.05) is 16.8 Å². The van der Waals surface area contributed by atoms with Crippen molar-refractivity contribution >= 4 is 38.7 Å². The van der Waals surface area contributed by atoms with Crippen LogP contribution in [0, 0.1) is 17.1 Å². The Kier molecular flexibility index (Phi) is 4.62. The van der Waals surface area contributed by atoms with Gasteiger partial charge in [0.1, 0.15) is 11.6 Å². The van der Waals surface area contributed by atoms with Crippen LogP contribution in [0.2, 0.25) is 0 Å². The number of ketones is 1. The average Bonchev–Trinajstić information content (AvgIpc) is 3.16. The Bertz CT molecular complexity index is 1040. The minimum atomic E-state index is -0.487. The highest BCUT2D eigenvalue weighted by molar-refractivity contribution is 9.10. The summed E-state index contributed by atoms with van der Waals surface area (Å²) < 4.78 is 15.3. The Morgan fingerprint density at radius 2 is 2.15 bits per heavy atom. The van der Waals surface area contributed by atoms with Crippen molar-refractivity contribution in [2.24, 2.45) is 5.73 Å². The molecule has 27 heavy (non-hydrogen) atoms. The molecule has 136 valence electrons. The molecule has 1 aliphatic carbocycles. The molecule has 0 radical (unpaired) electrons. The minimum absolute atomic E-state index is 0.00443. The van der Waals surface area contributed by atoms with Crippen LogP contribution in [0.3, 0.4) is 0 Å². The number of nitrogens with zero attached hydrogens (tertiary/aromatic N) is 2. The van der Waals surface area contributed by atoms with E-state index in [2.05, 4.69) is 22.0 Å². The molecular formula is C20H15BrFN3OS. The Balaban J connectivity index is 1.99. The molecule has 0 bridgehead atoms. The van der Waals surface area contributed by atoms with Crippen LogP contribution >= 0.6 is 27.3 Å². The first-order chi connectivity index (χ1) is 13.0. The molecule has 1 aromatic heterocycles. The number of thiophene rings is 1. The third-order valence-corrected chi connectivity index (χ3v) is 6.14. The van der Waals surface area contributed by atoms with Crippen LogP contribution < -0.4 is 10.6 Å². The maximum absolute atomic E-state index is 14.7. The monoisotopic (exact) mass is 443 g/mol. The lowest BCUT2D eigenvalue weighted by Crippen LogP contribution is -2.39. The average molecular weight is 444 g/mol. The van der Waals surface area contributed by atoms with Crippen LogP contribution in [-0.2, 0) is 4.79 Å². The Hall–Kier alpha value is -2.43. The van der Waals surface area contributed by atoms with Crippen LogP contribution in [0.15, 0.2) is 62.2 Å². The fourth-order valence-electron chi connectivity index (χ4n) is 3.80. The van der Waals surface area contributed by atoms with E-state index in [1.165, 1.54) is 17.4 Å². The summed E-state index contributed by atoms with van der Waals surface area (Å²) in [5.41, 5.74) is 9.04. The van der Waals surface area contributed by atoms with Gasteiger partial charge in [0.2, 0.25) is 0 Å². The molecule has 7 heteroatoms. The molecule has 2 heterocycles. The topological polar surface area (TPSA) is 70.1 Å². The van der Waals surface area contributed by atoms with E-state index in [0.717, 1.165) is 5.56 Å². The lowest BCUT2D eigenvalue weighted by Gasteiger charge is -2.39. The number of rotatable bonds is 2. The van der Waals surface area contributed by atoms with Crippen LogP contribution in [0.1, 0.15) is 30.7 Å². The molecule has 4 nitrogen and oxygen atoms in total. The summed E-state index contributed by atoms with van der Waals surface area (Å²) in [6.45, 7) is 0. The number of carbonyl (C=O) groups excluding carboxylic acids is 1. The molecule has 0 fully saturated rings. The zero-order valence-corrected chi connectivity index (χ0v) is 16.6. The van der Waals surface area contributed by atoms with Gasteiger partial charge in [0, 0.05) is 22.2 Å². The number of anilines is 1. The molecule has 0 spiro atoms. The normalized spacial score (nSPS) is 20.0. The van der Waals surface area contributed by atoms with E-state index in [-0.39, 0.29) is 22.9 Å². The Labute approximate surface area is 168 Å². The van der Waals surface area contributed by atoms with Crippen molar-refractivity contribution in [3.63, 3.8) is 0 Å². The quantitative estimate of drug-likeness (QED) is 0.712. The lowest BCUT2D eigenvalue weighted by atomic mass is 9.76. The number of nitriles is 1. The van der Waals surface area contributed by atoms with E-state index in [0.29, 0.717) is 35.0 Å². The number of hydrogen-bond donors (Lipinski definition) is 1. The second-order valence-electron chi connectivity index (χ2n) is 6.47. The molecule has 1 aliphatic heterocycles. The first kappa shape index (κ1) is 18.0. The van der Waals surface area contributed by atoms with Gasteiger partial charge < -0.3 is 5.73 Å². The van der Waals surface area contributed by atoms with Gasteiger partial charge in [-0.05, 0) is 53.4 Å². The standard InChI is InChI=1S/C20H15BrFN3OS/c21-12-4-5-15(14(22)8-12)25-16-2-1-3-17(26)19(16)18(11-6-7-27-10-11)13(9-23)20(25)24/h4-8,10,18H,1-3,24H2. The predicted molar refractivity (Wildman–Crippen MR) is 106 cm³/mol. The SMILES string of the molecule is N#CC1=C(N)N(c2ccc(Br)cc2F)C2=C(C(=O)CCC2)C1c1ccsc1. The van der Waals surface area contributed by atoms with Crippen molar-refractivity contribution in [3.8, 4) is 6.07 Å². The predicted octanol–water partition coefficient (Wildman–Crippen LogP) is 4.95. The van der Waals surface area contributed by atoms with Gasteiger partial charge >= 0.3 is 0 Å². The molecule has 1 atom stereocenters. The summed E-state index contributed by atoms with van der Waals surface area (Å²) in [5, 5.41) is 13.7. The first-order valence-corrected chi connectivity index (χ1v) is 10.2. The Morgan fingerprint density at radius 3 is 2.81 bits per heavy atom. The third-order valence-electron chi connectivity index (χ3n) is 4.94. The molecule has 2 aliphatic rings. The Morgan fingerprint density at radius 1 is 1.33 bits per heavy atom. The van der Waals surface area contributed by atoms with Gasteiger partial charge in [0.25, 0.3) is 0 Å². The second kappa shape index (κ2) is 6.95. The number of allylic oxidation sites excluding steroid dienone is 3. The summed E-state index contributed by atoms with van der Waals surface area (Å²) in [4.78, 5) is 14.4. The van der Waals surface area contributed by atoms with E-state index in [9.17, 15) is 14.4 Å². The van der Waals surface area contributed by atoms with Crippen molar-refractivity contribution in [2.75, 3.05) is 4.90 Å². The number of Topliss-reactive ketones (excluding diaryl/α,β-unsaturated/α-hetero) is 1. The van der Waals surface area contributed by atoms with Crippen LogP contribution in [0.5, 0.6) is 0 Å². The highest BCUT2D eigenvalue weighted by atomic mass is 79.9. The number of benzene rings is 1. The summed E-state index contributed by atoms with van der Waals surface area (Å²) in [5.74, 6) is -0.777. The maximum atomic E-state index is 14.7. The molecule has 2 N–H and O–H groups in total. The fourth-order valence-corrected chi connectivity index (χ4v) is 4.82. The highest BCUT2D eigenvalue weighted by Gasteiger charge is 2.40. The van der Waals surface area contributed by atoms with Gasteiger partial charge in [-0.25, -0.2) is 4.39 Å². The largest absolute Gasteiger partial charge is 0.384 e. The van der Waals surface area contributed by atoms with E-state index in [4.69, 9.17) is 5.73 Å². The maximum Gasteiger partial charge on any atom is 0.161 e. The van der Waals surface area contributed by atoms with Crippen LogP contribution in [-0.4, -0.2) is 5.78 Å². The summed E-state index contributed by atoms with van der Waals surface area (Å²) in [6, 6.07) is 8.76. The minimum Gasteiger partial charge on any atom is -0.384 e. The lowest BCUT2D eigenvalue weighted by molar-refractivity contribution is -0.116. The van der Waals surface area contributed by atoms with Crippen molar-refractivity contribution in [3.05, 3.63) is 73.5 Å². The van der Waals surface area contributed by atoms with E-state index >= 15 is 0 Å². The summed E-state index contributed by atoms with van der Waals surface area (Å²) in [7, 11) is 0. The molecule has 1 aromatic carbocycles. The highest BCUT2D eigenvalue weighted by Crippen LogP contribution is 2.47. The zero-order chi connectivity index (χ0) is 19.1. The van der Waals surface area contributed by atoms with Gasteiger partial charge in [0.05, 0.1) is 23.2 Å². The first-order valence-electron chi connectivity index (χ1n) is 8.46. The summed E-state index contributed by atoms with van der Waals surface area (Å²) in [6.07, 6.45) is 1.71. The fraction of sp³-hybridized carbons (Fsp3) is 0.200. The smallest absolute Gasteiger partial charge is 0.161 e. The van der Waals surface area contributed by atoms with Crippen molar-refractivity contribution < 1.29 is 9.18 Å². The molecule has 2 aromatic rings. The number of nitrogens with two attached hydrogens (primary N) is 1. The zero-order valence-electron chi connectivity index (χ0n) is 14.2. The van der Waals surface area contributed by atoms with Gasteiger partial charge in [-0.1, -0.05) is 15.9 Å².